The van der Waals surface area contributed by atoms with Crippen LogP contribution in [0.2, 0.25) is 0 Å². The molecule has 2 aromatic carbocycles. The number of likely N-dealkylation sites (tertiary alicyclic amines) is 1. The van der Waals surface area contributed by atoms with E-state index in [2.05, 4.69) is 42.4 Å². The maximum Gasteiger partial charge on any atom is 0.338 e. The lowest BCUT2D eigenvalue weighted by Crippen LogP contribution is -2.57. The van der Waals surface area contributed by atoms with Gasteiger partial charge in [-0.3, -0.25) is 19.6 Å². The van der Waals surface area contributed by atoms with Crippen molar-refractivity contribution in [3.63, 3.8) is 0 Å². The van der Waals surface area contributed by atoms with Crippen molar-refractivity contribution < 1.29 is 19.5 Å². The second-order valence-electron chi connectivity index (χ2n) is 11.3. The van der Waals surface area contributed by atoms with Crippen LogP contribution in [0.5, 0.6) is 0 Å². The van der Waals surface area contributed by atoms with Crippen molar-refractivity contribution >= 4 is 52.0 Å². The molecule has 4 aromatic rings. The third-order valence-corrected chi connectivity index (χ3v) is 9.07. The average Bonchev–Trinajstić information content (AvgIpc) is 3.20. The molecule has 2 fully saturated rings. The Balaban J connectivity index is 1.33. The van der Waals surface area contributed by atoms with Crippen molar-refractivity contribution in [2.24, 2.45) is 0 Å². The van der Waals surface area contributed by atoms with Gasteiger partial charge in [0.1, 0.15) is 20.9 Å². The van der Waals surface area contributed by atoms with E-state index in [0.717, 1.165) is 27.9 Å². The smallest absolute Gasteiger partial charge is 0.338 e. The molecule has 0 atom stereocenters. The molecule has 1 N–H and O–H groups in total. The number of carboxylic acids is 1. The largest absolute Gasteiger partial charge is 0.478 e. The van der Waals surface area contributed by atoms with Crippen LogP contribution in [0.3, 0.4) is 0 Å². The standard InChI is InChI=1S/C33H31IN6O4/c1-20-5-4-14-35-27(20)19-38-15-12-33(13-16-38)31(43)39(32(44)40(33)29-18-28(34)36-22(3)37-29)25-9-6-23(7-10-25)26-11-8-24(30(41)42)17-21(26)2/h4-11,14,17-18H,12-13,15-16,19H2,1-3H3,(H,41,42). The van der Waals surface area contributed by atoms with Gasteiger partial charge in [0.25, 0.3) is 5.91 Å². The summed E-state index contributed by atoms with van der Waals surface area (Å²) in [6, 6.07) is 17.5. The first-order valence-electron chi connectivity index (χ1n) is 14.3. The Morgan fingerprint density at radius 2 is 1.68 bits per heavy atom. The number of hydrogen-bond donors (Lipinski definition) is 1. The fourth-order valence-corrected chi connectivity index (χ4v) is 6.80. The summed E-state index contributed by atoms with van der Waals surface area (Å²) in [4.78, 5) is 58.7. The highest BCUT2D eigenvalue weighted by Crippen LogP contribution is 2.42. The number of rotatable bonds is 6. The highest BCUT2D eigenvalue weighted by atomic mass is 127. The Morgan fingerprint density at radius 1 is 0.955 bits per heavy atom. The molecule has 0 unspecified atom stereocenters. The fraction of sp³-hybridized carbons (Fsp3) is 0.273. The highest BCUT2D eigenvalue weighted by molar-refractivity contribution is 14.1. The summed E-state index contributed by atoms with van der Waals surface area (Å²) in [5, 5.41) is 9.32. The predicted octanol–water partition coefficient (Wildman–Crippen LogP) is 5.77. The maximum absolute atomic E-state index is 14.4. The molecule has 10 nitrogen and oxygen atoms in total. The zero-order valence-corrected chi connectivity index (χ0v) is 26.8. The number of aromatic carboxylic acids is 1. The lowest BCUT2D eigenvalue weighted by Gasteiger charge is -2.41. The topological polar surface area (TPSA) is 120 Å². The Labute approximate surface area is 268 Å². The van der Waals surface area contributed by atoms with E-state index in [-0.39, 0.29) is 11.5 Å². The van der Waals surface area contributed by atoms with Gasteiger partial charge in [-0.25, -0.2) is 24.5 Å². The number of aryl methyl sites for hydroxylation is 3. The van der Waals surface area contributed by atoms with Gasteiger partial charge >= 0.3 is 12.0 Å². The Morgan fingerprint density at radius 3 is 2.32 bits per heavy atom. The summed E-state index contributed by atoms with van der Waals surface area (Å²) in [6.45, 7) is 7.59. The molecule has 0 radical (unpaired) electrons. The number of halogens is 1. The van der Waals surface area contributed by atoms with Crippen molar-refractivity contribution in [3.8, 4) is 11.1 Å². The van der Waals surface area contributed by atoms with E-state index in [0.29, 0.717) is 53.5 Å². The van der Waals surface area contributed by atoms with E-state index >= 15 is 0 Å². The number of urea groups is 1. The molecule has 44 heavy (non-hydrogen) atoms. The van der Waals surface area contributed by atoms with Crippen LogP contribution >= 0.6 is 22.6 Å². The number of carbonyl (C=O) groups excluding carboxylic acids is 2. The lowest BCUT2D eigenvalue weighted by molar-refractivity contribution is -0.123. The van der Waals surface area contributed by atoms with E-state index in [9.17, 15) is 19.5 Å². The summed E-state index contributed by atoms with van der Waals surface area (Å²) in [7, 11) is 0. The molecule has 11 heteroatoms. The zero-order chi connectivity index (χ0) is 31.2. The van der Waals surface area contributed by atoms with E-state index in [1.165, 1.54) is 4.90 Å². The summed E-state index contributed by atoms with van der Waals surface area (Å²) in [6.07, 6.45) is 2.70. The molecule has 1 spiro atoms. The number of carbonyl (C=O) groups is 3. The molecule has 0 saturated carbocycles. The summed E-state index contributed by atoms with van der Waals surface area (Å²) in [5.74, 6) is -0.303. The second kappa shape index (κ2) is 11.7. The number of nitrogens with zero attached hydrogens (tertiary/aromatic N) is 6. The zero-order valence-electron chi connectivity index (χ0n) is 24.6. The fourth-order valence-electron chi connectivity index (χ4n) is 6.17. The van der Waals surface area contributed by atoms with E-state index < -0.39 is 17.5 Å². The molecule has 2 saturated heterocycles. The normalized spacial score (nSPS) is 16.6. The van der Waals surface area contributed by atoms with Crippen LogP contribution in [0.4, 0.5) is 16.3 Å². The van der Waals surface area contributed by atoms with Gasteiger partial charge in [0, 0.05) is 31.9 Å². The molecule has 0 bridgehead atoms. The summed E-state index contributed by atoms with van der Waals surface area (Å²) in [5.41, 5.74) is 4.28. The van der Waals surface area contributed by atoms with Crippen molar-refractivity contribution in [2.45, 2.75) is 45.7 Å². The molecule has 224 valence electrons. The number of pyridine rings is 1. The predicted molar refractivity (Wildman–Crippen MR) is 175 cm³/mol. The van der Waals surface area contributed by atoms with Gasteiger partial charge in [-0.2, -0.15) is 0 Å². The minimum atomic E-state index is -1.08. The Bertz CT molecular complexity index is 1770. The second-order valence-corrected chi connectivity index (χ2v) is 12.4. The lowest BCUT2D eigenvalue weighted by atomic mass is 9.85. The Hall–Kier alpha value is -4.23. The van der Waals surface area contributed by atoms with Gasteiger partial charge < -0.3 is 5.11 Å². The number of benzene rings is 2. The molecule has 0 aliphatic carbocycles. The highest BCUT2D eigenvalue weighted by Gasteiger charge is 2.59. The number of imide groups is 1. The molecule has 2 aliphatic heterocycles. The van der Waals surface area contributed by atoms with Crippen LogP contribution in [-0.4, -0.2) is 61.5 Å². The maximum atomic E-state index is 14.4. The SMILES string of the molecule is Cc1nc(I)cc(N2C(=O)N(c3ccc(-c4ccc(C(=O)O)cc4C)cc3)C(=O)C23CCN(Cc2ncccc2C)CC3)n1. The third kappa shape index (κ3) is 5.34. The van der Waals surface area contributed by atoms with Crippen LogP contribution in [-0.2, 0) is 11.3 Å². The van der Waals surface area contributed by atoms with Crippen molar-refractivity contribution in [3.05, 3.63) is 98.8 Å². The molecule has 2 aromatic heterocycles. The first kappa shape index (κ1) is 29.8. The van der Waals surface area contributed by atoms with Crippen LogP contribution in [0.15, 0.2) is 66.9 Å². The molecule has 6 rings (SSSR count). The van der Waals surface area contributed by atoms with E-state index in [1.807, 2.05) is 38.1 Å². The first-order chi connectivity index (χ1) is 21.1. The monoisotopic (exact) mass is 702 g/mol. The van der Waals surface area contributed by atoms with Gasteiger partial charge in [0.15, 0.2) is 0 Å². The summed E-state index contributed by atoms with van der Waals surface area (Å²) < 4.78 is 0.690. The minimum Gasteiger partial charge on any atom is -0.478 e. The number of carboxylic acid groups (broad SMARTS) is 1. The average molecular weight is 703 g/mol. The number of amides is 3. The van der Waals surface area contributed by atoms with Gasteiger partial charge in [0.05, 0.1) is 16.9 Å². The van der Waals surface area contributed by atoms with Crippen LogP contribution < -0.4 is 9.80 Å². The van der Waals surface area contributed by atoms with Crippen LogP contribution in [0.25, 0.3) is 11.1 Å². The van der Waals surface area contributed by atoms with Crippen molar-refractivity contribution in [2.75, 3.05) is 22.9 Å². The van der Waals surface area contributed by atoms with Gasteiger partial charge in [0.2, 0.25) is 0 Å². The van der Waals surface area contributed by atoms with Gasteiger partial charge in [-0.15, -0.1) is 0 Å². The molecule has 2 aliphatic rings. The first-order valence-corrected chi connectivity index (χ1v) is 15.4. The third-order valence-electron chi connectivity index (χ3n) is 8.52. The molecular formula is C33H31IN6O4. The van der Waals surface area contributed by atoms with Gasteiger partial charge in [-0.05, 0) is 109 Å². The summed E-state index contributed by atoms with van der Waals surface area (Å²) >= 11 is 2.11. The number of aromatic nitrogens is 3. The van der Waals surface area contributed by atoms with Gasteiger partial charge in [-0.1, -0.05) is 24.3 Å². The number of piperidine rings is 1. The van der Waals surface area contributed by atoms with Crippen LogP contribution in [0, 0.1) is 24.5 Å². The minimum absolute atomic E-state index is 0.220. The van der Waals surface area contributed by atoms with Crippen molar-refractivity contribution in [1.29, 1.82) is 0 Å². The quantitative estimate of drug-likeness (QED) is 0.153. The van der Waals surface area contributed by atoms with E-state index in [4.69, 9.17) is 0 Å². The number of hydrogen-bond acceptors (Lipinski definition) is 7. The van der Waals surface area contributed by atoms with Crippen molar-refractivity contribution in [1.82, 2.24) is 19.9 Å². The Kier molecular flexibility index (Phi) is 7.93. The van der Waals surface area contributed by atoms with E-state index in [1.54, 1.807) is 54.4 Å². The molecule has 4 heterocycles. The van der Waals surface area contributed by atoms with Crippen LogP contribution in [0.1, 0.15) is 45.8 Å². The molecule has 3 amide bonds. The number of anilines is 2. The molecular weight excluding hydrogens is 671 g/mol.